The molecular weight excluding hydrogens is 225 g/mol. The smallest absolute Gasteiger partial charge is 0.148 e. The number of halogens is 2. The summed E-state index contributed by atoms with van der Waals surface area (Å²) in [6.45, 7) is 5.99. The zero-order valence-electron chi connectivity index (χ0n) is 9.63. The summed E-state index contributed by atoms with van der Waals surface area (Å²) < 4.78 is 13.4. The van der Waals surface area contributed by atoms with Crippen molar-refractivity contribution in [2.45, 2.75) is 13.8 Å². The number of hydrogen-bond acceptors (Lipinski definition) is 1. The van der Waals surface area contributed by atoms with Crippen molar-refractivity contribution in [3.05, 3.63) is 40.7 Å². The average Bonchev–Trinajstić information content (AvgIpc) is 2.23. The lowest BCUT2D eigenvalue weighted by Gasteiger charge is -2.04. The largest absolute Gasteiger partial charge is 0.313 e. The summed E-state index contributed by atoms with van der Waals surface area (Å²) in [6.07, 6.45) is 3.64. The monoisotopic (exact) mass is 241 g/mol. The van der Waals surface area contributed by atoms with Crippen LogP contribution in [0.15, 0.2) is 24.3 Å². The van der Waals surface area contributed by atoms with Crippen molar-refractivity contribution < 1.29 is 4.39 Å². The van der Waals surface area contributed by atoms with Crippen molar-refractivity contribution in [3.8, 4) is 0 Å². The first-order chi connectivity index (χ1) is 7.61. The van der Waals surface area contributed by atoms with Crippen LogP contribution in [0.2, 0.25) is 5.02 Å². The summed E-state index contributed by atoms with van der Waals surface area (Å²) >= 11 is 5.67. The molecule has 1 aromatic carbocycles. The van der Waals surface area contributed by atoms with Gasteiger partial charge in [-0.05, 0) is 18.5 Å². The van der Waals surface area contributed by atoms with E-state index in [9.17, 15) is 4.39 Å². The highest BCUT2D eigenvalue weighted by molar-refractivity contribution is 6.30. The molecule has 0 saturated carbocycles. The first-order valence-corrected chi connectivity index (χ1v) is 5.80. The zero-order chi connectivity index (χ0) is 12.0. The van der Waals surface area contributed by atoms with Gasteiger partial charge in [-0.15, -0.1) is 0 Å². The van der Waals surface area contributed by atoms with E-state index in [1.54, 1.807) is 24.3 Å². The zero-order valence-corrected chi connectivity index (χ0v) is 10.4. The normalized spacial score (nSPS) is 11.6. The molecular formula is C13H17ClFN. The molecule has 0 aromatic heterocycles. The third-order valence-corrected chi connectivity index (χ3v) is 2.39. The van der Waals surface area contributed by atoms with Gasteiger partial charge in [0.1, 0.15) is 5.82 Å². The van der Waals surface area contributed by atoms with Gasteiger partial charge in [0, 0.05) is 12.1 Å². The molecule has 1 nitrogen and oxygen atoms in total. The fraction of sp³-hybridized carbons (Fsp3) is 0.385. The summed E-state index contributed by atoms with van der Waals surface area (Å²) in [5.41, 5.74) is 0.527. The van der Waals surface area contributed by atoms with E-state index in [0.717, 1.165) is 13.1 Å². The molecule has 0 bridgehead atoms. The molecule has 0 aliphatic carbocycles. The maximum absolute atomic E-state index is 13.4. The fourth-order valence-corrected chi connectivity index (χ4v) is 1.47. The van der Waals surface area contributed by atoms with Gasteiger partial charge in [-0.3, -0.25) is 0 Å². The van der Waals surface area contributed by atoms with Crippen molar-refractivity contribution in [2.75, 3.05) is 13.1 Å². The Bertz CT molecular complexity index is 361. The Labute approximate surface area is 101 Å². The Hall–Kier alpha value is -0.860. The molecule has 88 valence electrons. The predicted octanol–water partition coefficient (Wildman–Crippen LogP) is 3.74. The summed E-state index contributed by atoms with van der Waals surface area (Å²) in [4.78, 5) is 0. The number of nitrogens with one attached hydrogen (secondary N) is 1. The Kier molecular flexibility index (Phi) is 5.50. The predicted molar refractivity (Wildman–Crippen MR) is 68.2 cm³/mol. The first-order valence-electron chi connectivity index (χ1n) is 5.42. The third-order valence-electron chi connectivity index (χ3n) is 2.09. The Morgan fingerprint density at radius 3 is 2.88 bits per heavy atom. The fourth-order valence-electron chi connectivity index (χ4n) is 1.29. The molecule has 0 spiro atoms. The van der Waals surface area contributed by atoms with Crippen LogP contribution in [0, 0.1) is 11.7 Å². The van der Waals surface area contributed by atoms with Crippen molar-refractivity contribution in [1.82, 2.24) is 5.32 Å². The van der Waals surface area contributed by atoms with E-state index in [4.69, 9.17) is 11.6 Å². The van der Waals surface area contributed by atoms with E-state index < -0.39 is 0 Å². The summed E-state index contributed by atoms with van der Waals surface area (Å²) in [6, 6.07) is 5.00. The van der Waals surface area contributed by atoms with E-state index in [2.05, 4.69) is 19.2 Å². The molecule has 0 aliphatic rings. The molecule has 0 unspecified atom stereocenters. The van der Waals surface area contributed by atoms with Crippen LogP contribution in [0.3, 0.4) is 0 Å². The summed E-state index contributed by atoms with van der Waals surface area (Å²) in [5, 5.41) is 3.41. The lowest BCUT2D eigenvalue weighted by Crippen LogP contribution is -2.19. The molecule has 0 fully saturated rings. The molecule has 0 heterocycles. The highest BCUT2D eigenvalue weighted by atomic mass is 35.5. The van der Waals surface area contributed by atoms with Gasteiger partial charge < -0.3 is 5.32 Å². The maximum Gasteiger partial charge on any atom is 0.148 e. The highest BCUT2D eigenvalue weighted by Crippen LogP contribution is 2.18. The minimum absolute atomic E-state index is 0.164. The standard InChI is InChI=1S/C13H17ClFN/c1-10(2)9-16-8-4-6-11-5-3-7-12(14)13(11)15/h3-7,10,16H,8-9H2,1-2H3/b6-4+. The molecule has 0 aliphatic heterocycles. The van der Waals surface area contributed by atoms with Crippen LogP contribution in [0.1, 0.15) is 19.4 Å². The van der Waals surface area contributed by atoms with Crippen LogP contribution in [0.5, 0.6) is 0 Å². The van der Waals surface area contributed by atoms with Crippen molar-refractivity contribution in [1.29, 1.82) is 0 Å². The third kappa shape index (κ3) is 4.33. The van der Waals surface area contributed by atoms with Crippen molar-refractivity contribution in [2.24, 2.45) is 5.92 Å². The Balaban J connectivity index is 2.47. The minimum atomic E-state index is -0.357. The molecule has 0 radical (unpaired) electrons. The second kappa shape index (κ2) is 6.66. The molecule has 3 heteroatoms. The van der Waals surface area contributed by atoms with E-state index >= 15 is 0 Å². The van der Waals surface area contributed by atoms with Gasteiger partial charge in [0.2, 0.25) is 0 Å². The van der Waals surface area contributed by atoms with Crippen LogP contribution in [-0.2, 0) is 0 Å². The SMILES string of the molecule is CC(C)CNC/C=C/c1cccc(Cl)c1F. The van der Waals surface area contributed by atoms with Crippen LogP contribution in [0.25, 0.3) is 6.08 Å². The minimum Gasteiger partial charge on any atom is -0.313 e. The molecule has 0 saturated heterocycles. The maximum atomic E-state index is 13.4. The lowest BCUT2D eigenvalue weighted by atomic mass is 10.2. The Morgan fingerprint density at radius 2 is 2.19 bits per heavy atom. The van der Waals surface area contributed by atoms with Gasteiger partial charge in [0.05, 0.1) is 5.02 Å². The highest BCUT2D eigenvalue weighted by Gasteiger charge is 2.01. The van der Waals surface area contributed by atoms with E-state index in [1.165, 1.54) is 0 Å². The van der Waals surface area contributed by atoms with Crippen LogP contribution >= 0.6 is 11.6 Å². The molecule has 1 rings (SSSR count). The van der Waals surface area contributed by atoms with Gasteiger partial charge in [0.15, 0.2) is 0 Å². The number of rotatable bonds is 5. The number of benzene rings is 1. The lowest BCUT2D eigenvalue weighted by molar-refractivity contribution is 0.577. The average molecular weight is 242 g/mol. The van der Waals surface area contributed by atoms with E-state index in [-0.39, 0.29) is 10.8 Å². The van der Waals surface area contributed by atoms with Crippen molar-refractivity contribution >= 4 is 17.7 Å². The van der Waals surface area contributed by atoms with Crippen LogP contribution in [-0.4, -0.2) is 13.1 Å². The van der Waals surface area contributed by atoms with Gasteiger partial charge in [-0.1, -0.05) is 49.7 Å². The molecule has 1 aromatic rings. The molecule has 0 atom stereocenters. The summed E-state index contributed by atoms with van der Waals surface area (Å²) in [5.74, 6) is 0.264. The van der Waals surface area contributed by atoms with Gasteiger partial charge >= 0.3 is 0 Å². The number of hydrogen-bond donors (Lipinski definition) is 1. The van der Waals surface area contributed by atoms with Crippen LogP contribution in [0.4, 0.5) is 4.39 Å². The van der Waals surface area contributed by atoms with E-state index in [0.29, 0.717) is 11.5 Å². The first kappa shape index (κ1) is 13.2. The Morgan fingerprint density at radius 1 is 1.44 bits per heavy atom. The van der Waals surface area contributed by atoms with Gasteiger partial charge in [-0.2, -0.15) is 0 Å². The van der Waals surface area contributed by atoms with Gasteiger partial charge in [-0.25, -0.2) is 4.39 Å². The second-order valence-electron chi connectivity index (χ2n) is 4.10. The molecule has 16 heavy (non-hydrogen) atoms. The quantitative estimate of drug-likeness (QED) is 0.775. The van der Waals surface area contributed by atoms with Crippen LogP contribution < -0.4 is 5.32 Å². The molecule has 1 N–H and O–H groups in total. The molecule has 0 amide bonds. The van der Waals surface area contributed by atoms with E-state index in [1.807, 2.05) is 6.08 Å². The summed E-state index contributed by atoms with van der Waals surface area (Å²) in [7, 11) is 0. The van der Waals surface area contributed by atoms with Crippen molar-refractivity contribution in [3.63, 3.8) is 0 Å². The second-order valence-corrected chi connectivity index (χ2v) is 4.50. The topological polar surface area (TPSA) is 12.0 Å². The van der Waals surface area contributed by atoms with Gasteiger partial charge in [0.25, 0.3) is 0 Å².